The standard InChI is InChI=1S/C13H21NO4/c1-7(8-5-4-6-18-8)14-11(15)9-10(12(16)17)13(9,2)3/h7-10H,4-6H2,1-3H3,(H,14,15)(H,16,17)/t7?,8?,9-,10+/m0/s1. The number of carboxylic acid groups (broad SMARTS) is 1. The van der Waals surface area contributed by atoms with E-state index in [-0.39, 0.29) is 18.1 Å². The molecule has 2 unspecified atom stereocenters. The number of ether oxygens (including phenoxy) is 1. The summed E-state index contributed by atoms with van der Waals surface area (Å²) in [5.74, 6) is -2.02. The molecule has 1 heterocycles. The zero-order valence-corrected chi connectivity index (χ0v) is 11.1. The van der Waals surface area contributed by atoms with Gasteiger partial charge in [0.25, 0.3) is 0 Å². The van der Waals surface area contributed by atoms with Gasteiger partial charge in [-0.2, -0.15) is 0 Å². The Kier molecular flexibility index (Phi) is 3.36. The van der Waals surface area contributed by atoms with Crippen molar-refractivity contribution in [1.82, 2.24) is 5.32 Å². The average Bonchev–Trinajstić information content (AvgIpc) is 2.67. The van der Waals surface area contributed by atoms with Crippen LogP contribution in [0.1, 0.15) is 33.6 Å². The van der Waals surface area contributed by atoms with Gasteiger partial charge >= 0.3 is 5.97 Å². The number of amides is 1. The third kappa shape index (κ3) is 2.23. The second kappa shape index (κ2) is 4.53. The second-order valence-electron chi connectivity index (χ2n) is 5.96. The third-order valence-corrected chi connectivity index (χ3v) is 4.27. The van der Waals surface area contributed by atoms with Crippen LogP contribution in [-0.4, -0.2) is 35.7 Å². The van der Waals surface area contributed by atoms with Gasteiger partial charge in [0.2, 0.25) is 5.91 Å². The highest BCUT2D eigenvalue weighted by Crippen LogP contribution is 2.58. The average molecular weight is 255 g/mol. The molecule has 102 valence electrons. The molecule has 5 nitrogen and oxygen atoms in total. The molecule has 18 heavy (non-hydrogen) atoms. The van der Waals surface area contributed by atoms with Crippen LogP contribution in [0.2, 0.25) is 0 Å². The Hall–Kier alpha value is -1.10. The molecule has 1 aliphatic heterocycles. The Morgan fingerprint density at radius 2 is 2.06 bits per heavy atom. The van der Waals surface area contributed by atoms with Crippen molar-refractivity contribution in [2.75, 3.05) is 6.61 Å². The summed E-state index contributed by atoms with van der Waals surface area (Å²) in [6.07, 6.45) is 2.05. The highest BCUT2D eigenvalue weighted by molar-refractivity contribution is 5.91. The Morgan fingerprint density at radius 1 is 1.39 bits per heavy atom. The summed E-state index contributed by atoms with van der Waals surface area (Å²) in [7, 11) is 0. The van der Waals surface area contributed by atoms with Gasteiger partial charge in [-0.25, -0.2) is 0 Å². The number of aliphatic carboxylic acids is 1. The number of rotatable bonds is 4. The van der Waals surface area contributed by atoms with Crippen LogP contribution in [0.3, 0.4) is 0 Å². The van der Waals surface area contributed by atoms with E-state index in [0.29, 0.717) is 0 Å². The van der Waals surface area contributed by atoms with Crippen molar-refractivity contribution in [2.24, 2.45) is 17.3 Å². The number of carbonyl (C=O) groups excluding carboxylic acids is 1. The maximum absolute atomic E-state index is 12.1. The molecule has 0 aromatic carbocycles. The first kappa shape index (κ1) is 13.3. The lowest BCUT2D eigenvalue weighted by molar-refractivity contribution is -0.140. The normalized spacial score (nSPS) is 34.9. The fourth-order valence-electron chi connectivity index (χ4n) is 2.99. The number of nitrogens with one attached hydrogen (secondary N) is 1. The number of hydrogen-bond donors (Lipinski definition) is 2. The lowest BCUT2D eigenvalue weighted by Gasteiger charge is -2.20. The van der Waals surface area contributed by atoms with Crippen LogP contribution >= 0.6 is 0 Å². The zero-order chi connectivity index (χ0) is 13.5. The van der Waals surface area contributed by atoms with Gasteiger partial charge in [0.15, 0.2) is 0 Å². The molecule has 0 aromatic rings. The summed E-state index contributed by atoms with van der Waals surface area (Å²) in [5.41, 5.74) is -0.438. The molecule has 2 N–H and O–H groups in total. The van der Waals surface area contributed by atoms with Crippen molar-refractivity contribution in [3.8, 4) is 0 Å². The highest BCUT2D eigenvalue weighted by atomic mass is 16.5. The molecule has 2 rings (SSSR count). The largest absolute Gasteiger partial charge is 0.481 e. The minimum Gasteiger partial charge on any atom is -0.481 e. The van der Waals surface area contributed by atoms with Gasteiger partial charge in [-0.05, 0) is 25.2 Å². The molecule has 5 heteroatoms. The first-order chi connectivity index (χ1) is 8.35. The van der Waals surface area contributed by atoms with E-state index in [1.54, 1.807) is 0 Å². The molecular formula is C13H21NO4. The van der Waals surface area contributed by atoms with Gasteiger partial charge in [0.05, 0.1) is 24.0 Å². The van der Waals surface area contributed by atoms with Crippen LogP contribution in [0.5, 0.6) is 0 Å². The topological polar surface area (TPSA) is 75.6 Å². The van der Waals surface area contributed by atoms with Gasteiger partial charge in [-0.3, -0.25) is 9.59 Å². The van der Waals surface area contributed by atoms with Crippen LogP contribution in [0.4, 0.5) is 0 Å². The molecule has 0 spiro atoms. The molecule has 1 amide bonds. The van der Waals surface area contributed by atoms with Gasteiger partial charge < -0.3 is 15.2 Å². The Labute approximate surface area is 107 Å². The molecular weight excluding hydrogens is 234 g/mol. The van der Waals surface area contributed by atoms with Crippen molar-refractivity contribution < 1.29 is 19.4 Å². The Morgan fingerprint density at radius 3 is 2.50 bits per heavy atom. The predicted molar refractivity (Wildman–Crippen MR) is 65.0 cm³/mol. The Balaban J connectivity index is 1.91. The first-order valence-electron chi connectivity index (χ1n) is 6.50. The second-order valence-corrected chi connectivity index (χ2v) is 5.96. The van der Waals surface area contributed by atoms with Crippen LogP contribution in [-0.2, 0) is 14.3 Å². The van der Waals surface area contributed by atoms with E-state index in [2.05, 4.69) is 5.32 Å². The minimum atomic E-state index is -0.884. The van der Waals surface area contributed by atoms with E-state index in [4.69, 9.17) is 9.84 Å². The molecule has 0 radical (unpaired) electrons. The van der Waals surface area contributed by atoms with Crippen LogP contribution in [0.15, 0.2) is 0 Å². The van der Waals surface area contributed by atoms with Crippen molar-refractivity contribution in [2.45, 2.75) is 45.8 Å². The summed E-state index contributed by atoms with van der Waals surface area (Å²) in [6.45, 7) is 6.32. The summed E-state index contributed by atoms with van der Waals surface area (Å²) in [6, 6.07) is -0.0501. The number of carboxylic acids is 1. The van der Waals surface area contributed by atoms with Crippen molar-refractivity contribution >= 4 is 11.9 Å². The lowest BCUT2D eigenvalue weighted by Crippen LogP contribution is -2.42. The van der Waals surface area contributed by atoms with E-state index < -0.39 is 23.2 Å². The van der Waals surface area contributed by atoms with Gasteiger partial charge in [-0.1, -0.05) is 13.8 Å². The van der Waals surface area contributed by atoms with E-state index in [9.17, 15) is 9.59 Å². The van der Waals surface area contributed by atoms with E-state index >= 15 is 0 Å². The molecule has 1 aliphatic carbocycles. The van der Waals surface area contributed by atoms with Gasteiger partial charge in [0.1, 0.15) is 0 Å². The quantitative estimate of drug-likeness (QED) is 0.786. The van der Waals surface area contributed by atoms with Crippen LogP contribution in [0.25, 0.3) is 0 Å². The summed E-state index contributed by atoms with van der Waals surface area (Å²) in [5, 5.41) is 11.9. The summed E-state index contributed by atoms with van der Waals surface area (Å²) >= 11 is 0. The molecule has 0 bridgehead atoms. The third-order valence-electron chi connectivity index (χ3n) is 4.27. The molecule has 4 atom stereocenters. The minimum absolute atomic E-state index is 0.0501. The first-order valence-corrected chi connectivity index (χ1v) is 6.50. The maximum Gasteiger partial charge on any atom is 0.307 e. The molecule has 1 saturated carbocycles. The van der Waals surface area contributed by atoms with Crippen molar-refractivity contribution in [3.63, 3.8) is 0 Å². The monoisotopic (exact) mass is 255 g/mol. The van der Waals surface area contributed by atoms with Crippen molar-refractivity contribution in [1.29, 1.82) is 0 Å². The van der Waals surface area contributed by atoms with E-state index in [1.807, 2.05) is 20.8 Å². The van der Waals surface area contributed by atoms with Gasteiger partial charge in [0, 0.05) is 6.61 Å². The SMILES string of the molecule is CC(NC(=O)[C@@H]1[C@H](C(=O)O)C1(C)C)C1CCCO1. The van der Waals surface area contributed by atoms with E-state index in [1.165, 1.54) is 0 Å². The molecule has 1 saturated heterocycles. The maximum atomic E-state index is 12.1. The number of hydrogen-bond acceptors (Lipinski definition) is 3. The summed E-state index contributed by atoms with van der Waals surface area (Å²) < 4.78 is 5.51. The summed E-state index contributed by atoms with van der Waals surface area (Å²) in [4.78, 5) is 23.1. The smallest absolute Gasteiger partial charge is 0.307 e. The number of carbonyl (C=O) groups is 2. The molecule has 0 aromatic heterocycles. The van der Waals surface area contributed by atoms with Gasteiger partial charge in [-0.15, -0.1) is 0 Å². The zero-order valence-electron chi connectivity index (χ0n) is 11.1. The van der Waals surface area contributed by atoms with Crippen LogP contribution in [0, 0.1) is 17.3 Å². The highest BCUT2D eigenvalue weighted by Gasteiger charge is 2.66. The van der Waals surface area contributed by atoms with Crippen LogP contribution < -0.4 is 5.32 Å². The molecule has 2 aliphatic rings. The Bertz CT molecular complexity index is 360. The fraction of sp³-hybridized carbons (Fsp3) is 0.846. The lowest BCUT2D eigenvalue weighted by atomic mass is 10.1. The fourth-order valence-corrected chi connectivity index (χ4v) is 2.99. The molecule has 2 fully saturated rings. The predicted octanol–water partition coefficient (Wildman–Crippen LogP) is 1.03. The van der Waals surface area contributed by atoms with Crippen molar-refractivity contribution in [3.05, 3.63) is 0 Å². The van der Waals surface area contributed by atoms with E-state index in [0.717, 1.165) is 19.4 Å².